The van der Waals surface area contributed by atoms with Crippen molar-refractivity contribution in [2.45, 2.75) is 12.6 Å². The molecule has 0 saturated carbocycles. The van der Waals surface area contributed by atoms with E-state index in [-0.39, 0.29) is 6.61 Å². The Morgan fingerprint density at radius 1 is 1.10 bits per heavy atom. The molecule has 0 radical (unpaired) electrons. The summed E-state index contributed by atoms with van der Waals surface area (Å²) in [7, 11) is 6.56. The molecule has 0 heterocycles. The van der Waals surface area contributed by atoms with Gasteiger partial charge in [-0.15, -0.1) is 0 Å². The lowest BCUT2D eigenvalue weighted by atomic mass is 10.1. The lowest BCUT2D eigenvalue weighted by molar-refractivity contribution is 0.0647. The molecule has 114 valence electrons. The van der Waals surface area contributed by atoms with E-state index < -0.39 is 6.10 Å². The average Bonchev–Trinajstić information content (AvgIpc) is 2.45. The minimum atomic E-state index is -0.748. The summed E-state index contributed by atoms with van der Waals surface area (Å²) in [4.78, 5) is 1.90. The molecule has 0 spiro atoms. The van der Waals surface area contributed by atoms with Gasteiger partial charge >= 0.3 is 0 Å². The van der Waals surface area contributed by atoms with Crippen LogP contribution in [0.5, 0.6) is 17.2 Å². The molecule has 1 rings (SSSR count). The zero-order chi connectivity index (χ0) is 15.1. The van der Waals surface area contributed by atoms with Crippen LogP contribution >= 0.6 is 0 Å². The maximum Gasteiger partial charge on any atom is 0.203 e. The number of hydrogen-bond donors (Lipinski definition) is 2. The number of hydrogen-bond acceptors (Lipinski definition) is 6. The lowest BCUT2D eigenvalue weighted by Crippen LogP contribution is -2.30. The van der Waals surface area contributed by atoms with Gasteiger partial charge < -0.3 is 24.4 Å². The molecule has 0 fully saturated rings. The first-order valence-corrected chi connectivity index (χ1v) is 6.32. The van der Waals surface area contributed by atoms with Crippen molar-refractivity contribution in [1.29, 1.82) is 0 Å². The third-order valence-electron chi connectivity index (χ3n) is 2.91. The molecule has 0 bridgehead atoms. The average molecular weight is 285 g/mol. The second kappa shape index (κ2) is 7.94. The van der Waals surface area contributed by atoms with Crippen molar-refractivity contribution in [2.75, 3.05) is 41.5 Å². The Morgan fingerprint density at radius 2 is 1.65 bits per heavy atom. The third-order valence-corrected chi connectivity index (χ3v) is 2.91. The van der Waals surface area contributed by atoms with Gasteiger partial charge in [-0.05, 0) is 24.7 Å². The van der Waals surface area contributed by atoms with Crippen molar-refractivity contribution >= 4 is 0 Å². The van der Waals surface area contributed by atoms with Gasteiger partial charge in [-0.1, -0.05) is 0 Å². The van der Waals surface area contributed by atoms with Gasteiger partial charge in [0.15, 0.2) is 11.5 Å². The highest BCUT2D eigenvalue weighted by Crippen LogP contribution is 2.38. The fourth-order valence-corrected chi connectivity index (χ4v) is 2.02. The van der Waals surface area contributed by atoms with Crippen LogP contribution in [0.15, 0.2) is 12.1 Å². The third kappa shape index (κ3) is 4.26. The first kappa shape index (κ1) is 16.6. The second-order valence-corrected chi connectivity index (χ2v) is 4.57. The maximum atomic E-state index is 9.43. The zero-order valence-corrected chi connectivity index (χ0v) is 12.4. The molecule has 1 aromatic carbocycles. The highest BCUT2D eigenvalue weighted by atomic mass is 16.5. The number of aliphatic hydroxyl groups is 2. The Morgan fingerprint density at radius 3 is 2.05 bits per heavy atom. The van der Waals surface area contributed by atoms with Gasteiger partial charge in [0.1, 0.15) is 0 Å². The first-order valence-electron chi connectivity index (χ1n) is 6.32. The highest BCUT2D eigenvalue weighted by molar-refractivity contribution is 5.53. The fourth-order valence-electron chi connectivity index (χ4n) is 2.02. The molecule has 0 aliphatic heterocycles. The van der Waals surface area contributed by atoms with Gasteiger partial charge in [-0.2, -0.15) is 0 Å². The summed E-state index contributed by atoms with van der Waals surface area (Å²) in [5.74, 6) is 1.74. The molecule has 0 amide bonds. The van der Waals surface area contributed by atoms with Gasteiger partial charge in [0, 0.05) is 13.1 Å². The minimum Gasteiger partial charge on any atom is -0.493 e. The van der Waals surface area contributed by atoms with Gasteiger partial charge in [0.05, 0.1) is 34.0 Å². The van der Waals surface area contributed by atoms with Crippen LogP contribution in [0.1, 0.15) is 5.56 Å². The van der Waals surface area contributed by atoms with Crippen molar-refractivity contribution in [2.24, 2.45) is 0 Å². The number of benzene rings is 1. The molecule has 2 N–H and O–H groups in total. The molecule has 6 heteroatoms. The van der Waals surface area contributed by atoms with E-state index in [0.29, 0.717) is 30.3 Å². The molecule has 1 aromatic rings. The minimum absolute atomic E-state index is 0.250. The predicted molar refractivity (Wildman–Crippen MR) is 75.5 cm³/mol. The molecule has 1 unspecified atom stereocenters. The molecule has 0 aliphatic rings. The number of rotatable bonds is 8. The van der Waals surface area contributed by atoms with Crippen LogP contribution in [0, 0.1) is 0 Å². The van der Waals surface area contributed by atoms with Gasteiger partial charge in [0.2, 0.25) is 5.75 Å². The molecule has 20 heavy (non-hydrogen) atoms. The van der Waals surface area contributed by atoms with Crippen molar-refractivity contribution in [3.8, 4) is 17.2 Å². The SMILES string of the molecule is COc1cc(CN(C)CC(O)CO)cc(OC)c1OC. The standard InChI is InChI=1S/C14H23NO5/c1-15(8-11(17)9-16)7-10-5-12(18-2)14(20-4)13(6-10)19-3/h5-6,11,16-17H,7-9H2,1-4H3. The molecule has 6 nitrogen and oxygen atoms in total. The van der Waals surface area contributed by atoms with Gasteiger partial charge in [-0.25, -0.2) is 0 Å². The molecule has 0 aromatic heterocycles. The predicted octanol–water partition coefficient (Wildman–Crippen LogP) is 0.497. The summed E-state index contributed by atoms with van der Waals surface area (Å²) in [5.41, 5.74) is 0.965. The summed E-state index contributed by atoms with van der Waals surface area (Å²) in [6, 6.07) is 3.73. The zero-order valence-electron chi connectivity index (χ0n) is 12.4. The molecular formula is C14H23NO5. The quantitative estimate of drug-likeness (QED) is 0.724. The lowest BCUT2D eigenvalue weighted by Gasteiger charge is -2.21. The Bertz CT molecular complexity index is 399. The van der Waals surface area contributed by atoms with Gasteiger partial charge in [-0.3, -0.25) is 4.90 Å². The summed E-state index contributed by atoms with van der Waals surface area (Å²) in [6.07, 6.45) is -0.748. The van der Waals surface area contributed by atoms with E-state index in [9.17, 15) is 5.11 Å². The summed E-state index contributed by atoms with van der Waals surface area (Å²) >= 11 is 0. The number of nitrogens with zero attached hydrogens (tertiary/aromatic N) is 1. The largest absolute Gasteiger partial charge is 0.493 e. The van der Waals surface area contributed by atoms with Crippen LogP contribution < -0.4 is 14.2 Å². The van der Waals surface area contributed by atoms with Crippen molar-refractivity contribution in [3.05, 3.63) is 17.7 Å². The monoisotopic (exact) mass is 285 g/mol. The number of likely N-dealkylation sites (N-methyl/N-ethyl adjacent to an activating group) is 1. The summed E-state index contributed by atoms with van der Waals surface area (Å²) in [6.45, 7) is 0.723. The van der Waals surface area contributed by atoms with E-state index in [0.717, 1.165) is 5.56 Å². The highest BCUT2D eigenvalue weighted by Gasteiger charge is 2.14. The number of ether oxygens (including phenoxy) is 3. The molecule has 0 saturated heterocycles. The Balaban J connectivity index is 2.90. The number of methoxy groups -OCH3 is 3. The second-order valence-electron chi connectivity index (χ2n) is 4.57. The van der Waals surface area contributed by atoms with Crippen molar-refractivity contribution in [3.63, 3.8) is 0 Å². The maximum absolute atomic E-state index is 9.43. The van der Waals surface area contributed by atoms with E-state index >= 15 is 0 Å². The topological polar surface area (TPSA) is 71.4 Å². The van der Waals surface area contributed by atoms with Crippen molar-refractivity contribution in [1.82, 2.24) is 4.90 Å². The van der Waals surface area contributed by atoms with E-state index in [2.05, 4.69) is 0 Å². The van der Waals surface area contributed by atoms with Crippen LogP contribution in [0.25, 0.3) is 0 Å². The smallest absolute Gasteiger partial charge is 0.203 e. The Hall–Kier alpha value is -1.50. The molecule has 0 aliphatic carbocycles. The van der Waals surface area contributed by atoms with E-state index in [1.165, 1.54) is 0 Å². The van der Waals surface area contributed by atoms with Crippen LogP contribution in [-0.2, 0) is 6.54 Å². The van der Waals surface area contributed by atoms with Crippen LogP contribution in [0.2, 0.25) is 0 Å². The van der Waals surface area contributed by atoms with Crippen LogP contribution in [-0.4, -0.2) is 62.7 Å². The van der Waals surface area contributed by atoms with E-state index in [1.54, 1.807) is 21.3 Å². The van der Waals surface area contributed by atoms with Crippen LogP contribution in [0.4, 0.5) is 0 Å². The summed E-state index contributed by atoms with van der Waals surface area (Å²) < 4.78 is 15.8. The normalized spacial score (nSPS) is 12.3. The Kier molecular flexibility index (Phi) is 6.57. The van der Waals surface area contributed by atoms with E-state index in [1.807, 2.05) is 24.1 Å². The van der Waals surface area contributed by atoms with Crippen molar-refractivity contribution < 1.29 is 24.4 Å². The van der Waals surface area contributed by atoms with E-state index in [4.69, 9.17) is 19.3 Å². The summed E-state index contributed by atoms with van der Waals surface area (Å²) in [5, 5.41) is 18.3. The van der Waals surface area contributed by atoms with Gasteiger partial charge in [0.25, 0.3) is 0 Å². The molecule has 1 atom stereocenters. The van der Waals surface area contributed by atoms with Crippen LogP contribution in [0.3, 0.4) is 0 Å². The Labute approximate surface area is 119 Å². The molecular weight excluding hydrogens is 262 g/mol. The fraction of sp³-hybridized carbons (Fsp3) is 0.571. The number of aliphatic hydroxyl groups excluding tert-OH is 2. The first-order chi connectivity index (χ1) is 9.55.